The third-order valence-electron chi connectivity index (χ3n) is 17.0. The number of esters is 1. The van der Waals surface area contributed by atoms with Crippen molar-refractivity contribution < 1.29 is 34.1 Å². The van der Waals surface area contributed by atoms with Gasteiger partial charge in [0.2, 0.25) is 0 Å². The van der Waals surface area contributed by atoms with Crippen LogP contribution in [0.2, 0.25) is 0 Å². The Morgan fingerprint density at radius 1 is 1.00 bits per heavy atom. The highest BCUT2D eigenvalue weighted by Gasteiger charge is 2.67. The Morgan fingerprint density at radius 3 is 2.40 bits per heavy atom. The van der Waals surface area contributed by atoms with Gasteiger partial charge in [-0.15, -0.1) is 0 Å². The lowest BCUT2D eigenvalue weighted by molar-refractivity contribution is -0.214. The number of aliphatic hydroxyl groups is 1. The van der Waals surface area contributed by atoms with Crippen LogP contribution in [0, 0.1) is 56.7 Å². The Morgan fingerprint density at radius 2 is 1.72 bits per heavy atom. The minimum Gasteiger partial charge on any atom is -0.481 e. The Bertz CT molecular complexity index is 1720. The topological polar surface area (TPSA) is 130 Å². The number of aromatic nitrogens is 1. The maximum Gasteiger partial charge on any atom is 0.309 e. The maximum atomic E-state index is 14.3. The van der Waals surface area contributed by atoms with E-state index in [1.54, 1.807) is 13.8 Å². The van der Waals surface area contributed by atoms with E-state index >= 15 is 0 Å². The molecule has 0 bridgehead atoms. The SMILES string of the molecule is CC(C)C1=C2C3CCC4C(C)(CCC5C(C)(C)C(OC(=O)CC(C)(C)C(=O)O)CCC54C)C3CCC2([C@@H](O)CN(CCN2CCOCC2)Cc2ccccn2)CC1=O. The molecule has 7 rings (SSSR count). The number of morpholine rings is 1. The third kappa shape index (κ3) is 7.75. The van der Waals surface area contributed by atoms with Crippen LogP contribution < -0.4 is 0 Å². The van der Waals surface area contributed by atoms with E-state index in [1.165, 1.54) is 5.57 Å². The molecule has 0 aromatic carbocycles. The molecule has 0 radical (unpaired) electrons. The van der Waals surface area contributed by atoms with Crippen molar-refractivity contribution >= 4 is 17.7 Å². The van der Waals surface area contributed by atoms with Crippen LogP contribution in [0.15, 0.2) is 35.5 Å². The molecule has 1 aromatic rings. The van der Waals surface area contributed by atoms with E-state index in [0.717, 1.165) is 102 Å². The smallest absolute Gasteiger partial charge is 0.309 e. The molecule has 9 atom stereocenters. The molecule has 0 amide bonds. The lowest BCUT2D eigenvalue weighted by atomic mass is 9.36. The van der Waals surface area contributed by atoms with Gasteiger partial charge in [-0.3, -0.25) is 29.2 Å². The van der Waals surface area contributed by atoms with E-state index in [2.05, 4.69) is 62.4 Å². The molecule has 5 aliphatic carbocycles. The van der Waals surface area contributed by atoms with Crippen molar-refractivity contribution in [2.75, 3.05) is 45.9 Å². The first-order chi connectivity index (χ1) is 27.3. The average molecular weight is 804 g/mol. The fourth-order valence-corrected chi connectivity index (χ4v) is 14.1. The Kier molecular flexibility index (Phi) is 12.2. The minimum absolute atomic E-state index is 0.0754. The van der Waals surface area contributed by atoms with Gasteiger partial charge in [0.25, 0.3) is 0 Å². The molecule has 1 aromatic heterocycles. The third-order valence-corrected chi connectivity index (χ3v) is 17.0. The van der Waals surface area contributed by atoms with Gasteiger partial charge in [-0.2, -0.15) is 0 Å². The normalized spacial score (nSPS) is 35.6. The van der Waals surface area contributed by atoms with Gasteiger partial charge in [0.1, 0.15) is 6.10 Å². The van der Waals surface area contributed by atoms with E-state index in [1.807, 2.05) is 18.3 Å². The van der Waals surface area contributed by atoms with Gasteiger partial charge >= 0.3 is 11.9 Å². The molecule has 1 saturated heterocycles. The van der Waals surface area contributed by atoms with Crippen LogP contribution in [0.5, 0.6) is 0 Å². The number of pyridine rings is 1. The predicted octanol–water partition coefficient (Wildman–Crippen LogP) is 7.58. The van der Waals surface area contributed by atoms with Crippen molar-refractivity contribution in [1.29, 1.82) is 0 Å². The summed E-state index contributed by atoms with van der Waals surface area (Å²) in [6, 6.07) is 6.04. The van der Waals surface area contributed by atoms with Gasteiger partial charge in [-0.05, 0) is 123 Å². The predicted molar refractivity (Wildman–Crippen MR) is 224 cm³/mol. The van der Waals surface area contributed by atoms with Gasteiger partial charge in [0, 0.05) is 62.7 Å². The number of carbonyl (C=O) groups is 3. The van der Waals surface area contributed by atoms with E-state index < -0.39 is 28.9 Å². The molecule has 2 N–H and O–H groups in total. The summed E-state index contributed by atoms with van der Waals surface area (Å²) >= 11 is 0. The molecule has 1 aliphatic heterocycles. The fraction of sp³-hybridized carbons (Fsp3) is 0.792. The summed E-state index contributed by atoms with van der Waals surface area (Å²) in [6.45, 7) is 23.4. The standard InChI is InChI=1S/C48H73N3O7/c1-31(2)41-35(52)27-48(38(53)30-51(29-32-11-9-10-20-49-32)22-21-50-23-25-57-26-24-50)19-14-34-33(42(41)48)12-13-37-46(34,7)17-15-36-45(5,6)39(16-18-47(36,37)8)58-40(54)28-44(3,4)43(55)56/h9-11,20,31,33-34,36-39,53H,12-19,21-30H2,1-8H3,(H,55,56)/t33?,34?,36?,37?,38-,39?,46?,47?,48?/m0/s1. The van der Waals surface area contributed by atoms with E-state index in [-0.39, 0.29) is 46.4 Å². The van der Waals surface area contributed by atoms with Crippen LogP contribution in [0.4, 0.5) is 0 Å². The molecule has 10 heteroatoms. The van der Waals surface area contributed by atoms with Crippen LogP contribution in [0.1, 0.15) is 125 Å². The molecular formula is C48H73N3O7. The molecule has 5 fully saturated rings. The van der Waals surface area contributed by atoms with Gasteiger partial charge in [0.05, 0.1) is 36.8 Å². The molecule has 4 saturated carbocycles. The second kappa shape index (κ2) is 16.3. The van der Waals surface area contributed by atoms with Crippen molar-refractivity contribution in [3.05, 3.63) is 41.2 Å². The van der Waals surface area contributed by atoms with Crippen molar-refractivity contribution in [2.45, 2.75) is 138 Å². The highest BCUT2D eigenvalue weighted by Crippen LogP contribution is 2.73. The van der Waals surface area contributed by atoms with Crippen LogP contribution in [0.3, 0.4) is 0 Å². The minimum atomic E-state index is -1.17. The lowest BCUT2D eigenvalue weighted by Crippen LogP contribution is -2.63. The molecule has 6 aliphatic rings. The summed E-state index contributed by atoms with van der Waals surface area (Å²) in [4.78, 5) is 48.7. The summed E-state index contributed by atoms with van der Waals surface area (Å²) in [5.74, 6) is 0.569. The number of nitrogens with zero attached hydrogens (tertiary/aromatic N) is 3. The van der Waals surface area contributed by atoms with Gasteiger partial charge in [-0.1, -0.05) is 53.2 Å². The van der Waals surface area contributed by atoms with Gasteiger partial charge in [-0.25, -0.2) is 0 Å². The number of ketones is 1. The zero-order valence-corrected chi connectivity index (χ0v) is 36.9. The first kappa shape index (κ1) is 43.4. The molecular weight excluding hydrogens is 731 g/mol. The molecule has 8 unspecified atom stereocenters. The second-order valence-corrected chi connectivity index (χ2v) is 21.5. The summed E-state index contributed by atoms with van der Waals surface area (Å²) in [5, 5.41) is 22.4. The van der Waals surface area contributed by atoms with Crippen LogP contribution in [-0.2, 0) is 30.4 Å². The Hall–Kier alpha value is -2.66. The van der Waals surface area contributed by atoms with Gasteiger partial charge < -0.3 is 19.7 Å². The number of Topliss-reactive ketones (excluding diaryl/α,β-unsaturated/α-hetero) is 1. The lowest BCUT2D eigenvalue weighted by Gasteiger charge is -2.69. The summed E-state index contributed by atoms with van der Waals surface area (Å²) in [6.07, 6.45) is 9.15. The molecule has 0 spiro atoms. The zero-order valence-electron chi connectivity index (χ0n) is 36.9. The molecule has 10 nitrogen and oxygen atoms in total. The highest BCUT2D eigenvalue weighted by atomic mass is 16.5. The number of aliphatic carboxylic acids is 1. The number of hydrogen-bond acceptors (Lipinski definition) is 9. The van der Waals surface area contributed by atoms with Crippen LogP contribution >= 0.6 is 0 Å². The number of ether oxygens (including phenoxy) is 2. The highest BCUT2D eigenvalue weighted by molar-refractivity contribution is 6.00. The first-order valence-electron chi connectivity index (χ1n) is 22.6. The summed E-state index contributed by atoms with van der Waals surface area (Å²) in [5.41, 5.74) is 1.54. The summed E-state index contributed by atoms with van der Waals surface area (Å²) < 4.78 is 11.8. The second-order valence-electron chi connectivity index (χ2n) is 21.5. The van der Waals surface area contributed by atoms with E-state index in [9.17, 15) is 24.6 Å². The van der Waals surface area contributed by atoms with Crippen molar-refractivity contribution in [1.82, 2.24) is 14.8 Å². The Balaban J connectivity index is 1.13. The van der Waals surface area contributed by atoms with Gasteiger partial charge in [0.15, 0.2) is 5.78 Å². The molecule has 322 valence electrons. The Labute approximate surface area is 347 Å². The largest absolute Gasteiger partial charge is 0.481 e. The fourth-order valence-electron chi connectivity index (χ4n) is 14.1. The van der Waals surface area contributed by atoms with Crippen molar-refractivity contribution in [3.63, 3.8) is 0 Å². The number of hydrogen-bond donors (Lipinski definition) is 2. The monoisotopic (exact) mass is 804 g/mol. The van der Waals surface area contributed by atoms with Crippen molar-refractivity contribution in [3.8, 4) is 0 Å². The number of carboxylic acids is 1. The molecule has 2 heterocycles. The number of aliphatic hydroxyl groups excluding tert-OH is 1. The maximum absolute atomic E-state index is 14.3. The number of carbonyl (C=O) groups excluding carboxylic acids is 2. The number of carboxylic acid groups (broad SMARTS) is 1. The van der Waals surface area contributed by atoms with Crippen LogP contribution in [0.25, 0.3) is 0 Å². The van der Waals surface area contributed by atoms with E-state index in [4.69, 9.17) is 9.47 Å². The average Bonchev–Trinajstić information content (AvgIpc) is 3.49. The van der Waals surface area contributed by atoms with Crippen LogP contribution in [-0.4, -0.2) is 101 Å². The number of rotatable bonds is 13. The zero-order chi connectivity index (χ0) is 41.8. The number of fused-ring (bicyclic) bond motifs is 7. The quantitative estimate of drug-likeness (QED) is 0.193. The summed E-state index contributed by atoms with van der Waals surface area (Å²) in [7, 11) is 0. The number of allylic oxidation sites excluding steroid dienone is 1. The van der Waals surface area contributed by atoms with E-state index in [0.29, 0.717) is 37.3 Å². The van der Waals surface area contributed by atoms with Crippen molar-refractivity contribution in [2.24, 2.45) is 56.7 Å². The first-order valence-corrected chi connectivity index (χ1v) is 22.6. The molecule has 58 heavy (non-hydrogen) atoms.